The third-order valence-electron chi connectivity index (χ3n) is 5.36. The monoisotopic (exact) mass is 322 g/mol. The van der Waals surface area contributed by atoms with Crippen LogP contribution >= 0.6 is 0 Å². The van der Waals surface area contributed by atoms with Crippen LogP contribution in [0.5, 0.6) is 0 Å². The molecule has 2 fully saturated rings. The summed E-state index contributed by atoms with van der Waals surface area (Å²) in [4.78, 5) is 23.2. The van der Waals surface area contributed by atoms with Crippen LogP contribution in [0.15, 0.2) is 49.1 Å². The quantitative estimate of drug-likeness (QED) is 0.940. The molecule has 2 aromatic heterocycles. The maximum absolute atomic E-state index is 12.5. The molecule has 2 saturated heterocycles. The number of hydrogen-bond acceptors (Lipinski definition) is 4. The second kappa shape index (κ2) is 6.32. The number of carbonyl (C=O) groups excluding carboxylic acids is 1. The molecule has 4 heterocycles. The van der Waals surface area contributed by atoms with Crippen LogP contribution in [0.3, 0.4) is 0 Å². The van der Waals surface area contributed by atoms with Gasteiger partial charge in [-0.2, -0.15) is 0 Å². The van der Waals surface area contributed by atoms with Crippen LogP contribution in [0.2, 0.25) is 0 Å². The number of hydrogen-bond donors (Lipinski definition) is 1. The van der Waals surface area contributed by atoms with Gasteiger partial charge in [-0.25, -0.2) is 0 Å². The molecule has 0 radical (unpaired) electrons. The Balaban J connectivity index is 1.39. The molecule has 0 bridgehead atoms. The van der Waals surface area contributed by atoms with Gasteiger partial charge in [-0.05, 0) is 48.6 Å². The van der Waals surface area contributed by atoms with Gasteiger partial charge >= 0.3 is 0 Å². The Hall–Kier alpha value is -2.27. The number of amides is 1. The van der Waals surface area contributed by atoms with E-state index in [4.69, 9.17) is 0 Å². The third kappa shape index (κ3) is 3.04. The summed E-state index contributed by atoms with van der Waals surface area (Å²) in [5, 5.41) is 3.30. The van der Waals surface area contributed by atoms with Crippen molar-refractivity contribution in [1.82, 2.24) is 20.2 Å². The van der Waals surface area contributed by atoms with Crippen molar-refractivity contribution in [3.05, 3.63) is 60.2 Å². The van der Waals surface area contributed by atoms with Crippen molar-refractivity contribution in [3.63, 3.8) is 0 Å². The SMILES string of the molecule is O=C1NC2(CCN(Cc3ccncc3)CC2)C[C@@H]1c1cccnc1. The minimum atomic E-state index is -0.0505. The lowest BCUT2D eigenvalue weighted by atomic mass is 9.82. The van der Waals surface area contributed by atoms with Crippen molar-refractivity contribution in [2.24, 2.45) is 0 Å². The van der Waals surface area contributed by atoms with Crippen LogP contribution in [-0.2, 0) is 11.3 Å². The lowest BCUT2D eigenvalue weighted by molar-refractivity contribution is -0.121. The van der Waals surface area contributed by atoms with Gasteiger partial charge in [0.25, 0.3) is 0 Å². The van der Waals surface area contributed by atoms with E-state index in [9.17, 15) is 4.79 Å². The number of piperidine rings is 1. The molecule has 0 aromatic carbocycles. The first-order valence-electron chi connectivity index (χ1n) is 8.57. The fourth-order valence-electron chi connectivity index (χ4n) is 3.95. The average Bonchev–Trinajstić information content (AvgIpc) is 2.95. The molecule has 4 rings (SSSR count). The smallest absolute Gasteiger partial charge is 0.228 e. The Morgan fingerprint density at radius 1 is 1.12 bits per heavy atom. The maximum Gasteiger partial charge on any atom is 0.228 e. The van der Waals surface area contributed by atoms with E-state index >= 15 is 0 Å². The van der Waals surface area contributed by atoms with Gasteiger partial charge in [0.2, 0.25) is 5.91 Å². The fraction of sp³-hybridized carbons (Fsp3) is 0.421. The number of aromatic nitrogens is 2. The number of rotatable bonds is 3. The lowest BCUT2D eigenvalue weighted by Gasteiger charge is -2.39. The van der Waals surface area contributed by atoms with Gasteiger partial charge in [-0.1, -0.05) is 6.07 Å². The predicted octanol–water partition coefficient (Wildman–Crippen LogP) is 2.11. The molecule has 1 atom stereocenters. The van der Waals surface area contributed by atoms with Crippen molar-refractivity contribution in [2.75, 3.05) is 13.1 Å². The number of pyridine rings is 2. The van der Waals surface area contributed by atoms with E-state index in [1.807, 2.05) is 30.7 Å². The van der Waals surface area contributed by atoms with Crippen molar-refractivity contribution in [1.29, 1.82) is 0 Å². The first-order chi connectivity index (χ1) is 11.7. The van der Waals surface area contributed by atoms with E-state index in [1.165, 1.54) is 5.56 Å². The van der Waals surface area contributed by atoms with E-state index in [2.05, 4.69) is 32.3 Å². The van der Waals surface area contributed by atoms with Crippen LogP contribution in [0.4, 0.5) is 0 Å². The van der Waals surface area contributed by atoms with Crippen LogP contribution < -0.4 is 5.32 Å². The minimum absolute atomic E-state index is 0.0354. The first-order valence-corrected chi connectivity index (χ1v) is 8.57. The maximum atomic E-state index is 12.5. The van der Waals surface area contributed by atoms with Crippen LogP contribution in [0.25, 0.3) is 0 Å². The first kappa shape index (κ1) is 15.3. The van der Waals surface area contributed by atoms with Gasteiger partial charge in [0.15, 0.2) is 0 Å². The second-order valence-electron chi connectivity index (χ2n) is 6.94. The summed E-state index contributed by atoms with van der Waals surface area (Å²) in [6.07, 6.45) is 10.2. The van der Waals surface area contributed by atoms with Gasteiger partial charge in [-0.3, -0.25) is 19.7 Å². The molecule has 1 N–H and O–H groups in total. The molecule has 2 aliphatic heterocycles. The van der Waals surface area contributed by atoms with Crippen LogP contribution in [0.1, 0.15) is 36.3 Å². The molecular formula is C19H22N4O. The van der Waals surface area contributed by atoms with Crippen LogP contribution in [0, 0.1) is 0 Å². The molecule has 5 heteroatoms. The summed E-state index contributed by atoms with van der Waals surface area (Å²) < 4.78 is 0. The Labute approximate surface area is 142 Å². The summed E-state index contributed by atoms with van der Waals surface area (Å²) in [6, 6.07) is 8.06. The van der Waals surface area contributed by atoms with Gasteiger partial charge < -0.3 is 5.32 Å². The molecule has 1 amide bonds. The highest BCUT2D eigenvalue weighted by molar-refractivity contribution is 5.87. The minimum Gasteiger partial charge on any atom is -0.350 e. The summed E-state index contributed by atoms with van der Waals surface area (Å²) in [5.41, 5.74) is 2.29. The summed E-state index contributed by atoms with van der Waals surface area (Å²) in [6.45, 7) is 2.99. The normalized spacial score (nSPS) is 23.3. The lowest BCUT2D eigenvalue weighted by Crippen LogP contribution is -2.50. The molecule has 124 valence electrons. The van der Waals surface area contributed by atoms with Gasteiger partial charge in [0.1, 0.15) is 0 Å². The Morgan fingerprint density at radius 3 is 2.62 bits per heavy atom. The summed E-state index contributed by atoms with van der Waals surface area (Å²) in [5.74, 6) is 0.107. The fourth-order valence-corrected chi connectivity index (χ4v) is 3.95. The molecule has 5 nitrogen and oxygen atoms in total. The van der Waals surface area contributed by atoms with Gasteiger partial charge in [-0.15, -0.1) is 0 Å². The highest BCUT2D eigenvalue weighted by Crippen LogP contribution is 2.39. The third-order valence-corrected chi connectivity index (χ3v) is 5.36. The van der Waals surface area contributed by atoms with Crippen molar-refractivity contribution in [2.45, 2.75) is 37.3 Å². The molecule has 2 aliphatic rings. The van der Waals surface area contributed by atoms with Crippen molar-refractivity contribution >= 4 is 5.91 Å². The Morgan fingerprint density at radius 2 is 1.92 bits per heavy atom. The topological polar surface area (TPSA) is 58.1 Å². The van der Waals surface area contributed by atoms with E-state index in [0.29, 0.717) is 0 Å². The summed E-state index contributed by atoms with van der Waals surface area (Å²) >= 11 is 0. The van der Waals surface area contributed by atoms with E-state index in [1.54, 1.807) is 6.20 Å². The molecule has 0 saturated carbocycles. The second-order valence-corrected chi connectivity index (χ2v) is 6.94. The zero-order valence-corrected chi connectivity index (χ0v) is 13.7. The number of carbonyl (C=O) groups is 1. The Kier molecular flexibility index (Phi) is 4.02. The number of nitrogens with one attached hydrogen (secondary N) is 1. The molecule has 1 spiro atoms. The molecule has 2 aromatic rings. The Bertz CT molecular complexity index is 696. The van der Waals surface area contributed by atoms with Crippen molar-refractivity contribution in [3.8, 4) is 0 Å². The van der Waals surface area contributed by atoms with Crippen molar-refractivity contribution < 1.29 is 4.79 Å². The zero-order valence-electron chi connectivity index (χ0n) is 13.7. The highest BCUT2D eigenvalue weighted by Gasteiger charge is 2.46. The van der Waals surface area contributed by atoms with Gasteiger partial charge in [0, 0.05) is 50.0 Å². The highest BCUT2D eigenvalue weighted by atomic mass is 16.2. The average molecular weight is 322 g/mol. The summed E-state index contributed by atoms with van der Waals surface area (Å²) in [7, 11) is 0. The standard InChI is InChI=1S/C19H22N4O/c24-18-17(16-2-1-7-21-13-16)12-19(22-18)5-10-23(11-6-19)14-15-3-8-20-9-4-15/h1-4,7-9,13,17H,5-6,10-12,14H2,(H,22,24)/t17-/m1/s1. The molecule has 0 unspecified atom stereocenters. The zero-order chi connectivity index (χ0) is 16.4. The molecule has 0 aliphatic carbocycles. The van der Waals surface area contributed by atoms with E-state index < -0.39 is 0 Å². The molecule has 24 heavy (non-hydrogen) atoms. The van der Waals surface area contributed by atoms with E-state index in [0.717, 1.165) is 44.5 Å². The predicted molar refractivity (Wildman–Crippen MR) is 91.2 cm³/mol. The van der Waals surface area contributed by atoms with Crippen LogP contribution in [-0.4, -0.2) is 39.4 Å². The number of likely N-dealkylation sites (tertiary alicyclic amines) is 1. The van der Waals surface area contributed by atoms with Gasteiger partial charge in [0.05, 0.1) is 5.92 Å². The van der Waals surface area contributed by atoms with E-state index in [-0.39, 0.29) is 17.4 Å². The number of nitrogens with zero attached hydrogens (tertiary/aromatic N) is 3. The largest absolute Gasteiger partial charge is 0.350 e. The molecular weight excluding hydrogens is 300 g/mol.